The van der Waals surface area contributed by atoms with Crippen LogP contribution in [-0.2, 0) is 22.7 Å². The highest BCUT2D eigenvalue weighted by atomic mass is 16.2. The molecule has 7 heteroatoms. The molecule has 4 N–H and O–H groups in total. The molecular formula is C23H32N4O3. The van der Waals surface area contributed by atoms with Crippen LogP contribution in [0.25, 0.3) is 0 Å². The molecule has 2 aliphatic heterocycles. The fourth-order valence-electron chi connectivity index (χ4n) is 5.25. The zero-order valence-corrected chi connectivity index (χ0v) is 17.7. The van der Waals surface area contributed by atoms with E-state index in [9.17, 15) is 14.4 Å². The number of nitrogens with two attached hydrogens (primary N) is 1. The average molecular weight is 413 g/mol. The van der Waals surface area contributed by atoms with Crippen LogP contribution in [-0.4, -0.2) is 40.7 Å². The Kier molecular flexibility index (Phi) is 6.20. The van der Waals surface area contributed by atoms with E-state index in [2.05, 4.69) is 23.6 Å². The van der Waals surface area contributed by atoms with Crippen molar-refractivity contribution in [1.82, 2.24) is 15.5 Å². The zero-order valence-electron chi connectivity index (χ0n) is 17.7. The number of hydrogen-bond donors (Lipinski definition) is 3. The van der Waals surface area contributed by atoms with Crippen molar-refractivity contribution in [2.75, 3.05) is 0 Å². The van der Waals surface area contributed by atoms with Gasteiger partial charge in [-0.25, -0.2) is 0 Å². The van der Waals surface area contributed by atoms with Crippen LogP contribution >= 0.6 is 0 Å². The molecule has 30 heavy (non-hydrogen) atoms. The summed E-state index contributed by atoms with van der Waals surface area (Å²) in [7, 11) is 0. The van der Waals surface area contributed by atoms with Gasteiger partial charge in [0.1, 0.15) is 6.04 Å². The number of nitrogens with zero attached hydrogens (tertiary/aromatic N) is 1. The minimum Gasteiger partial charge on any atom is -0.327 e. The highest BCUT2D eigenvalue weighted by Gasteiger charge is 2.39. The predicted octanol–water partition coefficient (Wildman–Crippen LogP) is 1.83. The number of carbonyl (C=O) groups excluding carboxylic acids is 3. The van der Waals surface area contributed by atoms with E-state index in [-0.39, 0.29) is 30.2 Å². The summed E-state index contributed by atoms with van der Waals surface area (Å²) in [5, 5.41) is 6.01. The van der Waals surface area contributed by atoms with Gasteiger partial charge in [-0.2, -0.15) is 0 Å². The predicted molar refractivity (Wildman–Crippen MR) is 113 cm³/mol. The maximum atomic E-state index is 12.8. The second-order valence-corrected chi connectivity index (χ2v) is 9.06. The van der Waals surface area contributed by atoms with E-state index in [0.29, 0.717) is 37.0 Å². The molecule has 1 aromatic rings. The average Bonchev–Trinajstić information content (AvgIpc) is 3.04. The summed E-state index contributed by atoms with van der Waals surface area (Å²) in [4.78, 5) is 38.0. The number of fused-ring (bicyclic) bond motifs is 1. The first-order valence-corrected chi connectivity index (χ1v) is 11.2. The van der Waals surface area contributed by atoms with Crippen LogP contribution in [0.2, 0.25) is 0 Å². The van der Waals surface area contributed by atoms with E-state index in [1.54, 1.807) is 4.90 Å². The molecule has 162 valence electrons. The van der Waals surface area contributed by atoms with Crippen molar-refractivity contribution in [2.45, 2.75) is 83.1 Å². The molecule has 3 atom stereocenters. The summed E-state index contributed by atoms with van der Waals surface area (Å²) in [5.41, 5.74) is 9.00. The summed E-state index contributed by atoms with van der Waals surface area (Å²) in [5.74, 6) is -0.149. The Labute approximate surface area is 177 Å². The highest BCUT2D eigenvalue weighted by Crippen LogP contribution is 2.30. The van der Waals surface area contributed by atoms with Crippen molar-refractivity contribution >= 4 is 17.7 Å². The van der Waals surface area contributed by atoms with Crippen LogP contribution in [0.3, 0.4) is 0 Å². The molecule has 1 saturated heterocycles. The summed E-state index contributed by atoms with van der Waals surface area (Å²) < 4.78 is 0. The van der Waals surface area contributed by atoms with Gasteiger partial charge in [-0.15, -0.1) is 0 Å². The fraction of sp³-hybridized carbons (Fsp3) is 0.609. The number of nitrogens with one attached hydrogen (secondary N) is 2. The van der Waals surface area contributed by atoms with Crippen LogP contribution in [0.15, 0.2) is 18.2 Å². The molecule has 1 aliphatic carbocycles. The van der Waals surface area contributed by atoms with E-state index in [1.165, 1.54) is 32.1 Å². The summed E-state index contributed by atoms with van der Waals surface area (Å²) in [6, 6.07) is 5.72. The first-order valence-electron chi connectivity index (χ1n) is 11.2. The van der Waals surface area contributed by atoms with Crippen molar-refractivity contribution in [1.29, 1.82) is 0 Å². The molecule has 3 amide bonds. The Morgan fingerprint density at radius 1 is 1.17 bits per heavy atom. The molecule has 3 unspecified atom stereocenters. The van der Waals surface area contributed by atoms with E-state index in [1.807, 2.05) is 12.1 Å². The Hall–Kier alpha value is -2.25. The lowest BCUT2D eigenvalue weighted by molar-refractivity contribution is -0.136. The van der Waals surface area contributed by atoms with Gasteiger partial charge in [0.15, 0.2) is 0 Å². The number of carbonyl (C=O) groups is 3. The monoisotopic (exact) mass is 412 g/mol. The summed E-state index contributed by atoms with van der Waals surface area (Å²) in [6.07, 6.45) is 7.02. The Morgan fingerprint density at radius 3 is 2.63 bits per heavy atom. The van der Waals surface area contributed by atoms with Gasteiger partial charge in [-0.3, -0.25) is 19.7 Å². The molecule has 1 aromatic carbocycles. The van der Waals surface area contributed by atoms with Gasteiger partial charge in [-0.1, -0.05) is 31.4 Å². The number of piperidine rings is 1. The lowest BCUT2D eigenvalue weighted by Gasteiger charge is -2.33. The van der Waals surface area contributed by atoms with E-state index < -0.39 is 6.04 Å². The number of imide groups is 1. The van der Waals surface area contributed by atoms with Gasteiger partial charge in [0.05, 0.1) is 0 Å². The van der Waals surface area contributed by atoms with Gasteiger partial charge in [-0.05, 0) is 49.3 Å². The van der Waals surface area contributed by atoms with Gasteiger partial charge in [0.2, 0.25) is 11.8 Å². The topological polar surface area (TPSA) is 105 Å². The lowest BCUT2D eigenvalue weighted by atomic mass is 9.81. The van der Waals surface area contributed by atoms with Gasteiger partial charge >= 0.3 is 0 Å². The first-order chi connectivity index (χ1) is 14.4. The maximum Gasteiger partial charge on any atom is 0.255 e. The van der Waals surface area contributed by atoms with Crippen LogP contribution < -0.4 is 16.4 Å². The summed E-state index contributed by atoms with van der Waals surface area (Å²) >= 11 is 0. The van der Waals surface area contributed by atoms with Gasteiger partial charge in [0.25, 0.3) is 5.91 Å². The van der Waals surface area contributed by atoms with Gasteiger partial charge < -0.3 is 16.0 Å². The Balaban J connectivity index is 1.42. The van der Waals surface area contributed by atoms with Crippen molar-refractivity contribution in [3.63, 3.8) is 0 Å². The maximum absolute atomic E-state index is 12.8. The van der Waals surface area contributed by atoms with E-state index in [0.717, 1.165) is 11.1 Å². The first kappa shape index (κ1) is 21.0. The van der Waals surface area contributed by atoms with Gasteiger partial charge in [0, 0.05) is 37.2 Å². The fourth-order valence-corrected chi connectivity index (χ4v) is 5.25. The lowest BCUT2D eigenvalue weighted by Crippen LogP contribution is -2.52. The normalized spacial score (nSPS) is 24.5. The Bertz CT molecular complexity index is 832. The van der Waals surface area contributed by atoms with Crippen molar-refractivity contribution in [2.24, 2.45) is 11.7 Å². The minimum atomic E-state index is -0.571. The zero-order chi connectivity index (χ0) is 21.3. The summed E-state index contributed by atoms with van der Waals surface area (Å²) in [6.45, 7) is 3.20. The number of hydrogen-bond acceptors (Lipinski definition) is 5. The van der Waals surface area contributed by atoms with Crippen LogP contribution in [0.5, 0.6) is 0 Å². The van der Waals surface area contributed by atoms with Crippen LogP contribution in [0.4, 0.5) is 0 Å². The largest absolute Gasteiger partial charge is 0.327 e. The molecule has 0 bridgehead atoms. The molecule has 1 saturated carbocycles. The molecule has 3 aliphatic rings. The van der Waals surface area contributed by atoms with Crippen molar-refractivity contribution in [3.05, 3.63) is 34.9 Å². The molecule has 0 aromatic heterocycles. The SMILES string of the molecule is CC(N)C(NCc1ccc2c(c1)CN(C1CCC(=O)NC1=O)C2=O)C1CCCCC1. The standard InChI is InChI=1S/C23H32N4O3/c1-14(24)21(16-5-3-2-4-6-16)25-12-15-7-8-18-17(11-15)13-27(23(18)30)19-9-10-20(28)26-22(19)29/h7-8,11,14,16,19,21,25H,2-6,9-10,12-13,24H2,1H3,(H,26,28,29). The minimum absolute atomic E-state index is 0.0899. The van der Waals surface area contributed by atoms with E-state index in [4.69, 9.17) is 5.73 Å². The third-order valence-electron chi connectivity index (χ3n) is 6.85. The molecule has 4 rings (SSSR count). The molecule has 0 radical (unpaired) electrons. The quantitative estimate of drug-likeness (QED) is 0.619. The molecule has 2 heterocycles. The second kappa shape index (κ2) is 8.86. The number of benzene rings is 1. The van der Waals surface area contributed by atoms with Crippen molar-refractivity contribution in [3.8, 4) is 0 Å². The smallest absolute Gasteiger partial charge is 0.255 e. The molecule has 7 nitrogen and oxygen atoms in total. The molecular weight excluding hydrogens is 380 g/mol. The molecule has 2 fully saturated rings. The van der Waals surface area contributed by atoms with E-state index >= 15 is 0 Å². The molecule has 0 spiro atoms. The second-order valence-electron chi connectivity index (χ2n) is 9.06. The third-order valence-corrected chi connectivity index (χ3v) is 6.85. The highest BCUT2D eigenvalue weighted by molar-refractivity contribution is 6.05. The van der Waals surface area contributed by atoms with Crippen LogP contribution in [0, 0.1) is 5.92 Å². The van der Waals surface area contributed by atoms with Crippen LogP contribution in [0.1, 0.15) is 73.4 Å². The number of rotatable bonds is 6. The van der Waals surface area contributed by atoms with Crippen molar-refractivity contribution < 1.29 is 14.4 Å². The Morgan fingerprint density at radius 2 is 1.93 bits per heavy atom. The number of amides is 3. The third kappa shape index (κ3) is 4.27.